The molecule has 1 fully saturated rings. The van der Waals surface area contributed by atoms with E-state index in [0.717, 1.165) is 43.7 Å². The Bertz CT molecular complexity index is 604. The quantitative estimate of drug-likeness (QED) is 0.849. The van der Waals surface area contributed by atoms with Crippen molar-refractivity contribution in [2.45, 2.75) is 46.7 Å². The molecule has 1 atom stereocenters. The van der Waals surface area contributed by atoms with Crippen molar-refractivity contribution in [2.24, 2.45) is 5.92 Å². The van der Waals surface area contributed by atoms with Crippen LogP contribution in [0.1, 0.15) is 36.2 Å². The van der Waals surface area contributed by atoms with Crippen LogP contribution in [0, 0.1) is 26.7 Å². The van der Waals surface area contributed by atoms with E-state index in [9.17, 15) is 0 Å². The van der Waals surface area contributed by atoms with Crippen LogP contribution in [0.25, 0.3) is 0 Å². The maximum atomic E-state index is 5.04. The third kappa shape index (κ3) is 3.47. The molecule has 0 saturated carbocycles. The third-order valence-corrected chi connectivity index (χ3v) is 3.93. The number of aromatic nitrogens is 5. The fourth-order valence-electron chi connectivity index (χ4n) is 3.03. The van der Waals surface area contributed by atoms with Gasteiger partial charge in [-0.2, -0.15) is 10.1 Å². The first kappa shape index (κ1) is 14.2. The van der Waals surface area contributed by atoms with Crippen LogP contribution >= 0.6 is 0 Å². The molecule has 1 aliphatic heterocycles. The van der Waals surface area contributed by atoms with Crippen LogP contribution in [0.5, 0.6) is 0 Å². The average Bonchev–Trinajstić information content (AvgIpc) is 2.96. The molecule has 0 aliphatic carbocycles. The molecule has 0 unspecified atom stereocenters. The number of nitrogens with zero attached hydrogens (tertiary/aromatic N) is 6. The predicted octanol–water partition coefficient (Wildman–Crippen LogP) is 1.50. The molecule has 21 heavy (non-hydrogen) atoms. The zero-order valence-corrected chi connectivity index (χ0v) is 12.9. The zero-order valence-electron chi connectivity index (χ0n) is 12.9. The molecular weight excluding hydrogens is 268 g/mol. The minimum atomic E-state index is 0.603. The smallest absolute Gasteiger partial charge is 0.223 e. The van der Waals surface area contributed by atoms with Gasteiger partial charge in [0.05, 0.1) is 6.54 Å². The van der Waals surface area contributed by atoms with E-state index in [0.29, 0.717) is 11.8 Å². The van der Waals surface area contributed by atoms with Gasteiger partial charge < -0.3 is 4.52 Å². The minimum absolute atomic E-state index is 0.603. The normalized spacial score (nSPS) is 20.0. The van der Waals surface area contributed by atoms with E-state index in [2.05, 4.69) is 25.1 Å². The number of hydrogen-bond donors (Lipinski definition) is 0. The van der Waals surface area contributed by atoms with Crippen LogP contribution in [0.3, 0.4) is 0 Å². The lowest BCUT2D eigenvalue weighted by Gasteiger charge is -2.31. The predicted molar refractivity (Wildman–Crippen MR) is 76.5 cm³/mol. The Morgan fingerprint density at radius 1 is 1.24 bits per heavy atom. The van der Waals surface area contributed by atoms with Crippen molar-refractivity contribution in [3.63, 3.8) is 0 Å². The number of hydrogen-bond acceptors (Lipinski definition) is 6. The van der Waals surface area contributed by atoms with E-state index in [-0.39, 0.29) is 0 Å². The number of likely N-dealkylation sites (tertiary alicyclic amines) is 1. The van der Waals surface area contributed by atoms with Crippen molar-refractivity contribution in [3.8, 4) is 0 Å². The molecule has 0 aromatic carbocycles. The van der Waals surface area contributed by atoms with E-state index in [4.69, 9.17) is 4.52 Å². The molecule has 1 saturated heterocycles. The second-order valence-corrected chi connectivity index (χ2v) is 5.86. The van der Waals surface area contributed by atoms with Gasteiger partial charge >= 0.3 is 0 Å². The Kier molecular flexibility index (Phi) is 4.01. The molecule has 2 aromatic rings. The van der Waals surface area contributed by atoms with Crippen molar-refractivity contribution in [1.82, 2.24) is 29.8 Å². The van der Waals surface area contributed by atoms with Crippen LogP contribution in [0.4, 0.5) is 0 Å². The maximum Gasteiger partial charge on any atom is 0.223 e. The van der Waals surface area contributed by atoms with Crippen LogP contribution in [-0.2, 0) is 13.1 Å². The first-order valence-electron chi connectivity index (χ1n) is 7.50. The van der Waals surface area contributed by atoms with Gasteiger partial charge in [-0.3, -0.25) is 4.90 Å². The lowest BCUT2D eigenvalue weighted by atomic mass is 9.98. The van der Waals surface area contributed by atoms with Crippen LogP contribution in [0.2, 0.25) is 0 Å². The summed E-state index contributed by atoms with van der Waals surface area (Å²) in [6, 6.07) is 0. The summed E-state index contributed by atoms with van der Waals surface area (Å²) in [5.74, 6) is 3.86. The molecule has 0 radical (unpaired) electrons. The molecule has 3 heterocycles. The molecule has 0 amide bonds. The van der Waals surface area contributed by atoms with Crippen molar-refractivity contribution in [2.75, 3.05) is 13.1 Å². The first-order valence-corrected chi connectivity index (χ1v) is 7.50. The lowest BCUT2D eigenvalue weighted by molar-refractivity contribution is 0.148. The summed E-state index contributed by atoms with van der Waals surface area (Å²) in [6.07, 6.45) is 2.44. The molecule has 0 spiro atoms. The molecule has 114 valence electrons. The molecule has 2 aromatic heterocycles. The van der Waals surface area contributed by atoms with E-state index in [1.54, 1.807) is 0 Å². The molecular formula is C14H22N6O. The molecule has 7 nitrogen and oxygen atoms in total. The van der Waals surface area contributed by atoms with Gasteiger partial charge in [0.2, 0.25) is 5.89 Å². The summed E-state index contributed by atoms with van der Waals surface area (Å²) in [6.45, 7) is 9.63. The summed E-state index contributed by atoms with van der Waals surface area (Å²) < 4.78 is 7.07. The fourth-order valence-corrected chi connectivity index (χ4v) is 3.03. The Morgan fingerprint density at radius 3 is 2.76 bits per heavy atom. The Labute approximate surface area is 124 Å². The van der Waals surface area contributed by atoms with Gasteiger partial charge in [-0.1, -0.05) is 5.16 Å². The van der Waals surface area contributed by atoms with Crippen LogP contribution in [-0.4, -0.2) is 42.9 Å². The lowest BCUT2D eigenvalue weighted by Crippen LogP contribution is -2.37. The highest BCUT2D eigenvalue weighted by molar-refractivity contribution is 4.89. The molecule has 0 bridgehead atoms. The number of piperidine rings is 1. The standard InChI is InChI=1S/C14H22N6O/c1-10-15-11(2)20(17-10)8-13-5-4-6-19(7-13)9-14-16-12(3)21-18-14/h13H,4-9H2,1-3H3/t13-/m1/s1. The summed E-state index contributed by atoms with van der Waals surface area (Å²) >= 11 is 0. The summed E-state index contributed by atoms with van der Waals surface area (Å²) in [5, 5.41) is 8.45. The van der Waals surface area contributed by atoms with Crippen molar-refractivity contribution in [1.29, 1.82) is 0 Å². The molecule has 1 aliphatic rings. The van der Waals surface area contributed by atoms with E-state index >= 15 is 0 Å². The van der Waals surface area contributed by atoms with Gasteiger partial charge in [0.25, 0.3) is 0 Å². The zero-order chi connectivity index (χ0) is 14.8. The topological polar surface area (TPSA) is 72.9 Å². The van der Waals surface area contributed by atoms with E-state index in [1.807, 2.05) is 25.5 Å². The highest BCUT2D eigenvalue weighted by atomic mass is 16.5. The molecule has 7 heteroatoms. The number of rotatable bonds is 4. The minimum Gasteiger partial charge on any atom is -0.340 e. The molecule has 0 N–H and O–H groups in total. The average molecular weight is 290 g/mol. The SMILES string of the molecule is Cc1nc(C)n(C[C@@H]2CCCN(Cc3noc(C)n3)C2)n1. The third-order valence-electron chi connectivity index (χ3n) is 3.93. The first-order chi connectivity index (χ1) is 10.1. The van der Waals surface area contributed by atoms with Gasteiger partial charge in [0.1, 0.15) is 11.6 Å². The summed E-state index contributed by atoms with van der Waals surface area (Å²) in [4.78, 5) is 11.1. The van der Waals surface area contributed by atoms with Crippen molar-refractivity contribution in [3.05, 3.63) is 23.4 Å². The second kappa shape index (κ2) is 5.93. The summed E-state index contributed by atoms with van der Waals surface area (Å²) in [5.41, 5.74) is 0. The maximum absolute atomic E-state index is 5.04. The van der Waals surface area contributed by atoms with Crippen LogP contribution in [0.15, 0.2) is 4.52 Å². The Balaban J connectivity index is 1.59. The van der Waals surface area contributed by atoms with E-state index < -0.39 is 0 Å². The van der Waals surface area contributed by atoms with Gasteiger partial charge in [-0.05, 0) is 39.2 Å². The van der Waals surface area contributed by atoms with Gasteiger partial charge in [-0.25, -0.2) is 9.67 Å². The molecule has 3 rings (SSSR count). The van der Waals surface area contributed by atoms with Gasteiger partial charge in [0, 0.05) is 20.0 Å². The Hall–Kier alpha value is -1.76. The monoisotopic (exact) mass is 290 g/mol. The fraction of sp³-hybridized carbons (Fsp3) is 0.714. The second-order valence-electron chi connectivity index (χ2n) is 5.86. The highest BCUT2D eigenvalue weighted by Gasteiger charge is 2.22. The van der Waals surface area contributed by atoms with Crippen molar-refractivity contribution < 1.29 is 4.52 Å². The van der Waals surface area contributed by atoms with Crippen LogP contribution < -0.4 is 0 Å². The van der Waals surface area contributed by atoms with E-state index in [1.165, 1.54) is 12.8 Å². The Morgan fingerprint density at radius 2 is 2.10 bits per heavy atom. The van der Waals surface area contributed by atoms with Gasteiger partial charge in [-0.15, -0.1) is 0 Å². The number of aryl methyl sites for hydroxylation is 3. The van der Waals surface area contributed by atoms with Gasteiger partial charge in [0.15, 0.2) is 5.82 Å². The largest absolute Gasteiger partial charge is 0.340 e. The summed E-state index contributed by atoms with van der Waals surface area (Å²) in [7, 11) is 0. The van der Waals surface area contributed by atoms with Crippen molar-refractivity contribution >= 4 is 0 Å². The highest BCUT2D eigenvalue weighted by Crippen LogP contribution is 2.20.